The lowest BCUT2D eigenvalue weighted by Crippen LogP contribution is -2.38. The summed E-state index contributed by atoms with van der Waals surface area (Å²) in [5, 5.41) is 9.23. The van der Waals surface area contributed by atoms with Gasteiger partial charge < -0.3 is 14.4 Å². The summed E-state index contributed by atoms with van der Waals surface area (Å²) in [5.74, 6) is -0.419. The number of carboxylic acids is 1. The summed E-state index contributed by atoms with van der Waals surface area (Å²) in [7, 11) is 0. The minimum Gasteiger partial charge on any atom is -0.478 e. The van der Waals surface area contributed by atoms with Crippen LogP contribution >= 0.6 is 0 Å². The maximum absolute atomic E-state index is 13.1. The van der Waals surface area contributed by atoms with Crippen LogP contribution in [0.3, 0.4) is 0 Å². The molecule has 1 N–H and O–H groups in total. The Morgan fingerprint density at radius 1 is 1.21 bits per heavy atom. The Balaban J connectivity index is 1.91. The van der Waals surface area contributed by atoms with Gasteiger partial charge in [-0.25, -0.2) is 4.79 Å². The molecule has 3 rings (SSSR count). The second kappa shape index (κ2) is 6.91. The molecule has 1 amide bonds. The maximum Gasteiger partial charge on any atom is 0.335 e. The van der Waals surface area contributed by atoms with E-state index >= 15 is 0 Å². The van der Waals surface area contributed by atoms with E-state index in [0.717, 1.165) is 37.0 Å². The highest BCUT2D eigenvalue weighted by Crippen LogP contribution is 2.27. The zero-order chi connectivity index (χ0) is 17.1. The normalized spacial score (nSPS) is 14.7. The van der Waals surface area contributed by atoms with Crippen LogP contribution in [0.25, 0.3) is 0 Å². The third kappa shape index (κ3) is 3.50. The van der Waals surface area contributed by atoms with Gasteiger partial charge in [0.15, 0.2) is 0 Å². The summed E-state index contributed by atoms with van der Waals surface area (Å²) >= 11 is 0. The first-order valence-corrected chi connectivity index (χ1v) is 8.23. The molecular formula is C19H21NO4. The lowest BCUT2D eigenvalue weighted by molar-refractivity contribution is 0.0649. The molecule has 0 radical (unpaired) electrons. The number of hydrogen-bond donors (Lipinski definition) is 1. The Morgan fingerprint density at radius 2 is 1.92 bits per heavy atom. The molecule has 0 unspecified atom stereocenters. The van der Waals surface area contributed by atoms with Gasteiger partial charge in [-0.2, -0.15) is 0 Å². The molecule has 1 aromatic heterocycles. The number of hydrogen-bond acceptors (Lipinski definition) is 3. The van der Waals surface area contributed by atoms with Crippen molar-refractivity contribution in [2.24, 2.45) is 0 Å². The number of carbonyl (C=O) groups is 2. The van der Waals surface area contributed by atoms with Crippen LogP contribution in [0.5, 0.6) is 0 Å². The summed E-state index contributed by atoms with van der Waals surface area (Å²) in [6.07, 6.45) is 5.78. The highest BCUT2D eigenvalue weighted by Gasteiger charge is 2.28. The van der Waals surface area contributed by atoms with Crippen molar-refractivity contribution < 1.29 is 19.1 Å². The topological polar surface area (TPSA) is 70.8 Å². The average Bonchev–Trinajstić information content (AvgIpc) is 3.24. The third-order valence-electron chi connectivity index (χ3n) is 4.50. The van der Waals surface area contributed by atoms with Gasteiger partial charge >= 0.3 is 5.97 Å². The van der Waals surface area contributed by atoms with Crippen molar-refractivity contribution in [2.45, 2.75) is 45.2 Å². The molecule has 0 aliphatic heterocycles. The van der Waals surface area contributed by atoms with Crippen LogP contribution in [0.15, 0.2) is 41.0 Å². The first-order valence-electron chi connectivity index (χ1n) is 8.23. The fourth-order valence-corrected chi connectivity index (χ4v) is 3.35. The minimum absolute atomic E-state index is 0.135. The number of aromatic carboxylic acids is 1. The second-order valence-electron chi connectivity index (χ2n) is 6.34. The van der Waals surface area contributed by atoms with E-state index in [1.807, 2.05) is 17.0 Å². The molecule has 2 aromatic rings. The largest absolute Gasteiger partial charge is 0.478 e. The van der Waals surface area contributed by atoms with Crippen LogP contribution in [0.1, 0.15) is 57.7 Å². The molecule has 126 valence electrons. The van der Waals surface area contributed by atoms with Crippen LogP contribution in [0.2, 0.25) is 0 Å². The van der Waals surface area contributed by atoms with Crippen LogP contribution < -0.4 is 0 Å². The van der Waals surface area contributed by atoms with Gasteiger partial charge in [-0.3, -0.25) is 4.79 Å². The molecule has 5 heteroatoms. The molecule has 1 heterocycles. The van der Waals surface area contributed by atoms with Gasteiger partial charge in [0.05, 0.1) is 18.4 Å². The van der Waals surface area contributed by atoms with Crippen LogP contribution in [0.4, 0.5) is 0 Å². The van der Waals surface area contributed by atoms with Crippen molar-refractivity contribution in [3.63, 3.8) is 0 Å². The summed E-state index contributed by atoms with van der Waals surface area (Å²) < 4.78 is 5.41. The summed E-state index contributed by atoms with van der Waals surface area (Å²) in [5.41, 5.74) is 1.33. The molecule has 1 aliphatic rings. The highest BCUT2D eigenvalue weighted by molar-refractivity contribution is 5.98. The Labute approximate surface area is 140 Å². The van der Waals surface area contributed by atoms with E-state index in [9.17, 15) is 14.7 Å². The monoisotopic (exact) mass is 327 g/mol. The van der Waals surface area contributed by atoms with Gasteiger partial charge in [-0.15, -0.1) is 0 Å². The van der Waals surface area contributed by atoms with Crippen molar-refractivity contribution in [1.29, 1.82) is 0 Å². The van der Waals surface area contributed by atoms with E-state index in [1.165, 1.54) is 6.07 Å². The fourth-order valence-electron chi connectivity index (χ4n) is 3.35. The fraction of sp³-hybridized carbons (Fsp3) is 0.368. The Kier molecular flexibility index (Phi) is 4.69. The predicted octanol–water partition coefficient (Wildman–Crippen LogP) is 3.87. The first-order chi connectivity index (χ1) is 11.5. The van der Waals surface area contributed by atoms with E-state index in [0.29, 0.717) is 12.1 Å². The van der Waals surface area contributed by atoms with Gasteiger partial charge in [-0.1, -0.05) is 12.8 Å². The summed E-state index contributed by atoms with van der Waals surface area (Å²) in [4.78, 5) is 26.2. The van der Waals surface area contributed by atoms with Crippen LogP contribution in [-0.2, 0) is 6.54 Å². The van der Waals surface area contributed by atoms with Gasteiger partial charge in [0.25, 0.3) is 5.91 Å². The van der Waals surface area contributed by atoms with E-state index in [-0.39, 0.29) is 17.5 Å². The lowest BCUT2D eigenvalue weighted by Gasteiger charge is -2.28. The molecule has 24 heavy (non-hydrogen) atoms. The van der Waals surface area contributed by atoms with Gasteiger partial charge in [0.1, 0.15) is 5.76 Å². The number of carbonyl (C=O) groups excluding carboxylic acids is 1. The van der Waals surface area contributed by atoms with Crippen molar-refractivity contribution in [2.75, 3.05) is 0 Å². The van der Waals surface area contributed by atoms with Crippen molar-refractivity contribution >= 4 is 11.9 Å². The highest BCUT2D eigenvalue weighted by atomic mass is 16.4. The van der Waals surface area contributed by atoms with Gasteiger partial charge in [0, 0.05) is 11.6 Å². The molecule has 1 fully saturated rings. The number of rotatable bonds is 5. The predicted molar refractivity (Wildman–Crippen MR) is 89.0 cm³/mol. The quantitative estimate of drug-likeness (QED) is 0.905. The molecule has 0 spiro atoms. The molecule has 1 aliphatic carbocycles. The lowest BCUT2D eigenvalue weighted by atomic mass is 10.0. The zero-order valence-electron chi connectivity index (χ0n) is 13.7. The van der Waals surface area contributed by atoms with Gasteiger partial charge in [0.2, 0.25) is 0 Å². The van der Waals surface area contributed by atoms with Crippen LogP contribution in [0, 0.1) is 6.92 Å². The zero-order valence-corrected chi connectivity index (χ0v) is 13.7. The Hall–Kier alpha value is -2.56. The standard InChI is InChI=1S/C19H21NO4/c1-13-9-14(11-15(10-13)19(22)23)18(21)20(16-5-2-3-6-16)12-17-7-4-8-24-17/h4,7-11,16H,2-3,5-6,12H2,1H3,(H,22,23). The maximum atomic E-state index is 13.1. The van der Waals surface area contributed by atoms with Crippen LogP contribution in [-0.4, -0.2) is 27.9 Å². The summed E-state index contributed by atoms with van der Waals surface area (Å²) in [6.45, 7) is 2.21. The Morgan fingerprint density at radius 3 is 2.54 bits per heavy atom. The average molecular weight is 327 g/mol. The number of nitrogens with zero attached hydrogens (tertiary/aromatic N) is 1. The van der Waals surface area contributed by atoms with Crippen molar-refractivity contribution in [1.82, 2.24) is 4.90 Å². The van der Waals surface area contributed by atoms with E-state index < -0.39 is 5.97 Å². The first kappa shape index (κ1) is 16.3. The van der Waals surface area contributed by atoms with E-state index in [1.54, 1.807) is 25.3 Å². The molecule has 1 aromatic carbocycles. The number of benzene rings is 1. The van der Waals surface area contributed by atoms with Gasteiger partial charge in [-0.05, 0) is 55.7 Å². The number of furan rings is 1. The molecule has 0 atom stereocenters. The number of carboxylic acid groups (broad SMARTS) is 1. The Bertz CT molecular complexity index is 730. The summed E-state index contributed by atoms with van der Waals surface area (Å²) in [6, 6.07) is 8.62. The molecule has 0 saturated heterocycles. The molecule has 0 bridgehead atoms. The third-order valence-corrected chi connectivity index (χ3v) is 4.50. The van der Waals surface area contributed by atoms with Crippen molar-refractivity contribution in [3.05, 3.63) is 59.0 Å². The SMILES string of the molecule is Cc1cc(C(=O)O)cc(C(=O)N(Cc2ccco2)C2CCCC2)c1. The molecular weight excluding hydrogens is 306 g/mol. The van der Waals surface area contributed by atoms with Crippen molar-refractivity contribution in [3.8, 4) is 0 Å². The smallest absolute Gasteiger partial charge is 0.335 e. The van der Waals surface area contributed by atoms with E-state index in [4.69, 9.17) is 4.42 Å². The van der Waals surface area contributed by atoms with E-state index in [2.05, 4.69) is 0 Å². The molecule has 1 saturated carbocycles. The minimum atomic E-state index is -1.02. The number of amides is 1. The molecule has 5 nitrogen and oxygen atoms in total. The number of aryl methyl sites for hydroxylation is 1. The second-order valence-corrected chi connectivity index (χ2v) is 6.34.